The van der Waals surface area contributed by atoms with E-state index >= 15 is 0 Å². The first-order valence-electron chi connectivity index (χ1n) is 12.0. The van der Waals surface area contributed by atoms with Gasteiger partial charge < -0.3 is 29.2 Å². The first-order valence-corrected chi connectivity index (χ1v) is 12.0. The van der Waals surface area contributed by atoms with Crippen LogP contribution in [0.15, 0.2) is 48.5 Å². The van der Waals surface area contributed by atoms with Crippen molar-refractivity contribution in [3.63, 3.8) is 0 Å². The molecule has 2 aliphatic rings. The summed E-state index contributed by atoms with van der Waals surface area (Å²) >= 11 is 0. The molecule has 2 fully saturated rings. The number of aliphatic hydroxyl groups is 2. The minimum atomic E-state index is -0.927. The summed E-state index contributed by atoms with van der Waals surface area (Å²) in [5, 5.41) is 20.3. The molecule has 6 unspecified atom stereocenters. The molecule has 0 radical (unpaired) electrons. The van der Waals surface area contributed by atoms with Crippen molar-refractivity contribution in [3.05, 3.63) is 70.8 Å². The summed E-state index contributed by atoms with van der Waals surface area (Å²) in [5.74, 6) is 0. The van der Waals surface area contributed by atoms with Crippen LogP contribution < -0.4 is 0 Å². The van der Waals surface area contributed by atoms with E-state index in [4.69, 9.17) is 18.9 Å². The molecule has 2 aliphatic heterocycles. The highest BCUT2D eigenvalue weighted by Gasteiger charge is 2.54. The van der Waals surface area contributed by atoms with E-state index in [1.807, 2.05) is 26.0 Å². The number of hydrogen-bond donors (Lipinski definition) is 2. The Morgan fingerprint density at radius 3 is 2.03 bits per heavy atom. The van der Waals surface area contributed by atoms with Crippen LogP contribution in [0, 0.1) is 6.92 Å². The number of benzene rings is 2. The first kappa shape index (κ1) is 24.3. The van der Waals surface area contributed by atoms with Crippen LogP contribution in [0.25, 0.3) is 0 Å². The van der Waals surface area contributed by atoms with E-state index in [2.05, 4.69) is 43.3 Å². The average Bonchev–Trinajstić information content (AvgIpc) is 3.36. The van der Waals surface area contributed by atoms with Crippen LogP contribution in [-0.2, 0) is 31.8 Å². The summed E-state index contributed by atoms with van der Waals surface area (Å²) in [4.78, 5) is 0. The van der Waals surface area contributed by atoms with Crippen LogP contribution in [0.1, 0.15) is 55.2 Å². The number of fused-ring (bicyclic) bond motifs is 1. The minimum absolute atomic E-state index is 0.0888. The van der Waals surface area contributed by atoms with Gasteiger partial charge in [0, 0.05) is 5.56 Å². The van der Waals surface area contributed by atoms with Crippen molar-refractivity contribution in [2.45, 2.75) is 89.6 Å². The quantitative estimate of drug-likeness (QED) is 0.529. The Labute approximate surface area is 196 Å². The Morgan fingerprint density at radius 1 is 0.879 bits per heavy atom. The molecule has 4 rings (SSSR count). The third-order valence-corrected chi connectivity index (χ3v) is 6.32. The van der Waals surface area contributed by atoms with Crippen molar-refractivity contribution in [1.82, 2.24) is 0 Å². The molecule has 0 amide bonds. The standard InChI is InChI=1S/C27H36O6/c1-17(2)30-22(16-28)24-23(29)25-27(31-24)33-26(32-25)21-14-12-20(13-15-21)7-5-4-6-19-10-8-18(3)9-11-19/h8-15,17,22-29H,4-7,16H2,1-3H3. The van der Waals surface area contributed by atoms with E-state index in [0.717, 1.165) is 31.2 Å². The fourth-order valence-electron chi connectivity index (χ4n) is 4.50. The van der Waals surface area contributed by atoms with Crippen molar-refractivity contribution < 1.29 is 29.2 Å². The van der Waals surface area contributed by atoms with Gasteiger partial charge in [-0.25, -0.2) is 0 Å². The van der Waals surface area contributed by atoms with Gasteiger partial charge in [-0.1, -0.05) is 54.1 Å². The molecule has 0 saturated carbocycles. The van der Waals surface area contributed by atoms with Gasteiger partial charge in [-0.15, -0.1) is 0 Å². The highest BCUT2D eigenvalue weighted by molar-refractivity contribution is 5.24. The maximum absolute atomic E-state index is 10.7. The highest BCUT2D eigenvalue weighted by atomic mass is 16.8. The normalized spacial score (nSPS) is 27.8. The van der Waals surface area contributed by atoms with Gasteiger partial charge in [0.05, 0.1) is 12.7 Å². The van der Waals surface area contributed by atoms with Gasteiger partial charge in [0.25, 0.3) is 0 Å². The predicted octanol–water partition coefficient (Wildman–Crippen LogP) is 3.85. The number of rotatable bonds is 10. The third-order valence-electron chi connectivity index (χ3n) is 6.32. The molecule has 6 heteroatoms. The van der Waals surface area contributed by atoms with Crippen LogP contribution in [0.5, 0.6) is 0 Å². The Kier molecular flexibility index (Phi) is 8.17. The average molecular weight is 457 g/mol. The molecule has 180 valence electrons. The van der Waals surface area contributed by atoms with Crippen LogP contribution >= 0.6 is 0 Å². The molecule has 0 aliphatic carbocycles. The van der Waals surface area contributed by atoms with Crippen molar-refractivity contribution in [2.24, 2.45) is 0 Å². The number of hydrogen-bond acceptors (Lipinski definition) is 6. The Hall–Kier alpha value is -1.80. The molecule has 2 heterocycles. The van der Waals surface area contributed by atoms with Crippen LogP contribution in [0.4, 0.5) is 0 Å². The summed E-state index contributed by atoms with van der Waals surface area (Å²) in [6.07, 6.45) is 0.250. The molecule has 0 spiro atoms. The van der Waals surface area contributed by atoms with E-state index in [1.54, 1.807) is 0 Å². The summed E-state index contributed by atoms with van der Waals surface area (Å²) in [6, 6.07) is 17.0. The molecular weight excluding hydrogens is 420 g/mol. The molecule has 2 aromatic carbocycles. The zero-order valence-electron chi connectivity index (χ0n) is 19.7. The summed E-state index contributed by atoms with van der Waals surface area (Å²) < 4.78 is 23.4. The largest absolute Gasteiger partial charge is 0.394 e. The SMILES string of the molecule is Cc1ccc(CCCCc2ccc(C3OC4OC(C(CO)OC(C)C)C(O)C4O3)cc2)cc1. The zero-order chi connectivity index (χ0) is 23.4. The maximum Gasteiger partial charge on any atom is 0.190 e. The molecule has 2 saturated heterocycles. The number of ether oxygens (including phenoxy) is 4. The van der Waals surface area contributed by atoms with Crippen molar-refractivity contribution in [1.29, 1.82) is 0 Å². The zero-order valence-corrected chi connectivity index (χ0v) is 19.7. The van der Waals surface area contributed by atoms with E-state index < -0.39 is 37.0 Å². The van der Waals surface area contributed by atoms with Gasteiger partial charge in [-0.05, 0) is 57.6 Å². The Balaban J connectivity index is 1.24. The molecule has 33 heavy (non-hydrogen) atoms. The van der Waals surface area contributed by atoms with Crippen molar-refractivity contribution in [2.75, 3.05) is 6.61 Å². The van der Waals surface area contributed by atoms with E-state index in [9.17, 15) is 10.2 Å². The fourth-order valence-corrected chi connectivity index (χ4v) is 4.50. The number of unbranched alkanes of at least 4 members (excludes halogenated alkanes) is 1. The van der Waals surface area contributed by atoms with Crippen LogP contribution in [0.2, 0.25) is 0 Å². The van der Waals surface area contributed by atoms with Crippen LogP contribution in [0.3, 0.4) is 0 Å². The second kappa shape index (κ2) is 11.1. The van der Waals surface area contributed by atoms with E-state index in [-0.39, 0.29) is 12.7 Å². The van der Waals surface area contributed by atoms with Gasteiger partial charge in [0.15, 0.2) is 12.6 Å². The Morgan fingerprint density at radius 2 is 1.48 bits per heavy atom. The highest BCUT2D eigenvalue weighted by Crippen LogP contribution is 2.40. The maximum atomic E-state index is 10.7. The molecule has 2 N–H and O–H groups in total. The van der Waals surface area contributed by atoms with Gasteiger partial charge in [-0.3, -0.25) is 0 Å². The predicted molar refractivity (Wildman–Crippen MR) is 125 cm³/mol. The third kappa shape index (κ3) is 6.01. The lowest BCUT2D eigenvalue weighted by atomic mass is 10.0. The lowest BCUT2D eigenvalue weighted by Gasteiger charge is -2.27. The van der Waals surface area contributed by atoms with Gasteiger partial charge in [0.1, 0.15) is 24.4 Å². The molecule has 2 aromatic rings. The minimum Gasteiger partial charge on any atom is -0.394 e. The van der Waals surface area contributed by atoms with Crippen molar-refractivity contribution in [3.8, 4) is 0 Å². The van der Waals surface area contributed by atoms with Crippen molar-refractivity contribution >= 4 is 0 Å². The monoisotopic (exact) mass is 456 g/mol. The second-order valence-electron chi connectivity index (χ2n) is 9.37. The molecule has 0 aromatic heterocycles. The number of aliphatic hydroxyl groups excluding tert-OH is 2. The van der Waals surface area contributed by atoms with Gasteiger partial charge in [-0.2, -0.15) is 0 Å². The lowest BCUT2D eigenvalue weighted by Crippen LogP contribution is -2.43. The molecule has 6 nitrogen and oxygen atoms in total. The summed E-state index contributed by atoms with van der Waals surface area (Å²) in [7, 11) is 0. The second-order valence-corrected chi connectivity index (χ2v) is 9.37. The molecule has 0 bridgehead atoms. The van der Waals surface area contributed by atoms with E-state index in [1.165, 1.54) is 16.7 Å². The number of aryl methyl sites for hydroxylation is 3. The van der Waals surface area contributed by atoms with Gasteiger partial charge >= 0.3 is 0 Å². The first-order chi connectivity index (χ1) is 15.9. The summed E-state index contributed by atoms with van der Waals surface area (Å²) in [6.45, 7) is 5.63. The topological polar surface area (TPSA) is 77.4 Å². The smallest absolute Gasteiger partial charge is 0.190 e. The van der Waals surface area contributed by atoms with Gasteiger partial charge in [0.2, 0.25) is 0 Å². The molecule has 6 atom stereocenters. The lowest BCUT2D eigenvalue weighted by molar-refractivity contribution is -0.203. The van der Waals surface area contributed by atoms with Crippen LogP contribution in [-0.4, -0.2) is 53.6 Å². The summed E-state index contributed by atoms with van der Waals surface area (Å²) in [5.41, 5.74) is 4.88. The fraction of sp³-hybridized carbons (Fsp3) is 0.556. The Bertz CT molecular complexity index is 865. The molecular formula is C27H36O6. The van der Waals surface area contributed by atoms with E-state index in [0.29, 0.717) is 0 Å².